The molecule has 1 heterocycles. The minimum absolute atomic E-state index is 0.286. The molecule has 0 N–H and O–H groups in total. The Morgan fingerprint density at radius 3 is 2.24 bits per heavy atom. The second kappa shape index (κ2) is 7.02. The van der Waals surface area contributed by atoms with Crippen molar-refractivity contribution in [1.29, 1.82) is 0 Å². The summed E-state index contributed by atoms with van der Waals surface area (Å²) in [6.45, 7) is 0.420. The number of hydrogen-bond donors (Lipinski definition) is 0. The van der Waals surface area contributed by atoms with Crippen molar-refractivity contribution >= 4 is 21.6 Å². The third-order valence-electron chi connectivity index (χ3n) is 3.25. The summed E-state index contributed by atoms with van der Waals surface area (Å²) in [5.41, 5.74) is 1.96. The van der Waals surface area contributed by atoms with Crippen LogP contribution in [0.1, 0.15) is 11.1 Å². The fraction of sp³-hybridized carbons (Fsp3) is 0.267. The molecular formula is C15H17ClN2O2S. The lowest BCUT2D eigenvalue weighted by Crippen LogP contribution is -2.29. The van der Waals surface area contributed by atoms with Crippen LogP contribution in [0, 0.1) is 0 Å². The number of nitrogens with zero attached hydrogens (tertiary/aromatic N) is 2. The molecule has 0 aliphatic carbocycles. The summed E-state index contributed by atoms with van der Waals surface area (Å²) in [4.78, 5) is 4.23. The highest BCUT2D eigenvalue weighted by Crippen LogP contribution is 2.16. The van der Waals surface area contributed by atoms with E-state index < -0.39 is 10.0 Å². The first-order valence-corrected chi connectivity index (χ1v) is 8.51. The lowest BCUT2D eigenvalue weighted by molar-refractivity contribution is 0.472. The van der Waals surface area contributed by atoms with Gasteiger partial charge in [0.15, 0.2) is 0 Å². The third kappa shape index (κ3) is 4.03. The minimum Gasteiger partial charge on any atom is -0.265 e. The summed E-state index contributed by atoms with van der Waals surface area (Å²) >= 11 is 5.71. The van der Waals surface area contributed by atoms with Crippen molar-refractivity contribution in [2.24, 2.45) is 0 Å². The molecule has 6 heteroatoms. The Morgan fingerprint density at radius 2 is 1.67 bits per heavy atom. The lowest BCUT2D eigenvalue weighted by atomic mass is 10.2. The number of alkyl halides is 1. The summed E-state index contributed by atoms with van der Waals surface area (Å²) in [5, 5.41) is 0. The molecule has 0 saturated carbocycles. The molecule has 21 heavy (non-hydrogen) atoms. The molecule has 1 aromatic carbocycles. The van der Waals surface area contributed by atoms with Gasteiger partial charge in [0.25, 0.3) is 0 Å². The molecule has 2 aromatic rings. The van der Waals surface area contributed by atoms with Gasteiger partial charge in [0, 0.05) is 31.9 Å². The fourth-order valence-corrected chi connectivity index (χ4v) is 3.24. The second-order valence-corrected chi connectivity index (χ2v) is 7.02. The molecular weight excluding hydrogens is 308 g/mol. The van der Waals surface area contributed by atoms with E-state index >= 15 is 0 Å². The molecule has 0 radical (unpaired) electrons. The van der Waals surface area contributed by atoms with Gasteiger partial charge in [-0.1, -0.05) is 12.1 Å². The van der Waals surface area contributed by atoms with Crippen molar-refractivity contribution in [3.63, 3.8) is 0 Å². The van der Waals surface area contributed by atoms with Gasteiger partial charge in [0.2, 0.25) is 10.0 Å². The van der Waals surface area contributed by atoms with E-state index in [0.29, 0.717) is 18.8 Å². The molecule has 0 saturated heterocycles. The molecule has 0 spiro atoms. The van der Waals surface area contributed by atoms with Crippen LogP contribution in [0.15, 0.2) is 53.7 Å². The monoisotopic (exact) mass is 324 g/mol. The van der Waals surface area contributed by atoms with E-state index in [1.807, 2.05) is 12.1 Å². The van der Waals surface area contributed by atoms with Crippen LogP contribution < -0.4 is 0 Å². The number of benzene rings is 1. The van der Waals surface area contributed by atoms with E-state index in [9.17, 15) is 8.42 Å². The zero-order valence-electron chi connectivity index (χ0n) is 11.7. The Bertz CT molecular complexity index is 673. The zero-order chi connectivity index (χ0) is 15.3. The number of halogens is 1. The van der Waals surface area contributed by atoms with Crippen LogP contribution in [-0.2, 0) is 22.3 Å². The lowest BCUT2D eigenvalue weighted by Gasteiger charge is -2.17. The normalized spacial score (nSPS) is 11.8. The Labute approximate surface area is 130 Å². The number of sulfonamides is 1. The van der Waals surface area contributed by atoms with Crippen LogP contribution in [-0.4, -0.2) is 31.3 Å². The van der Waals surface area contributed by atoms with Crippen molar-refractivity contribution < 1.29 is 8.42 Å². The maximum absolute atomic E-state index is 12.4. The highest BCUT2D eigenvalue weighted by atomic mass is 35.5. The van der Waals surface area contributed by atoms with Crippen molar-refractivity contribution in [2.75, 3.05) is 13.6 Å². The first kappa shape index (κ1) is 15.9. The maximum Gasteiger partial charge on any atom is 0.242 e. The molecule has 112 valence electrons. The largest absolute Gasteiger partial charge is 0.265 e. The Morgan fingerprint density at radius 1 is 1.05 bits per heavy atom. The maximum atomic E-state index is 12.4. The van der Waals surface area contributed by atoms with Crippen molar-refractivity contribution in [3.8, 4) is 0 Å². The summed E-state index contributed by atoms with van der Waals surface area (Å²) in [6.07, 6.45) is 4.06. The average Bonchev–Trinajstić information content (AvgIpc) is 2.53. The van der Waals surface area contributed by atoms with Crippen molar-refractivity contribution in [3.05, 3.63) is 59.9 Å². The topological polar surface area (TPSA) is 50.3 Å². The van der Waals surface area contributed by atoms with E-state index in [-0.39, 0.29) is 4.90 Å². The van der Waals surface area contributed by atoms with Crippen LogP contribution in [0.5, 0.6) is 0 Å². The van der Waals surface area contributed by atoms with Crippen LogP contribution in [0.3, 0.4) is 0 Å². The first-order chi connectivity index (χ1) is 10.0. The Kier molecular flexibility index (Phi) is 5.33. The van der Waals surface area contributed by atoms with E-state index in [1.165, 1.54) is 4.31 Å². The number of rotatable bonds is 6. The molecule has 0 aliphatic heterocycles. The molecule has 4 nitrogen and oxygen atoms in total. The van der Waals surface area contributed by atoms with Gasteiger partial charge in [-0.15, -0.1) is 11.6 Å². The van der Waals surface area contributed by atoms with Crippen molar-refractivity contribution in [2.45, 2.75) is 17.2 Å². The van der Waals surface area contributed by atoms with Crippen LogP contribution in [0.25, 0.3) is 0 Å². The van der Waals surface area contributed by atoms with Gasteiger partial charge in [-0.3, -0.25) is 4.98 Å². The molecule has 0 unspecified atom stereocenters. The number of aromatic nitrogens is 1. The zero-order valence-corrected chi connectivity index (χ0v) is 13.3. The highest BCUT2D eigenvalue weighted by Gasteiger charge is 2.20. The van der Waals surface area contributed by atoms with E-state index in [2.05, 4.69) is 4.98 Å². The fourth-order valence-electron chi connectivity index (χ4n) is 1.89. The van der Waals surface area contributed by atoms with Gasteiger partial charge in [-0.2, -0.15) is 0 Å². The molecule has 2 rings (SSSR count). The van der Waals surface area contributed by atoms with Crippen LogP contribution in [0.2, 0.25) is 0 Å². The van der Waals surface area contributed by atoms with E-state index in [1.54, 1.807) is 43.7 Å². The van der Waals surface area contributed by atoms with Gasteiger partial charge in [0.05, 0.1) is 4.90 Å². The highest BCUT2D eigenvalue weighted by molar-refractivity contribution is 7.89. The summed E-state index contributed by atoms with van der Waals surface area (Å²) in [6, 6.07) is 10.4. The smallest absolute Gasteiger partial charge is 0.242 e. The molecule has 0 fully saturated rings. The molecule has 0 atom stereocenters. The number of hydrogen-bond acceptors (Lipinski definition) is 3. The SMILES string of the molecule is CN(CCc1ccncc1)S(=O)(=O)c1ccc(CCl)cc1. The van der Waals surface area contributed by atoms with Crippen molar-refractivity contribution in [1.82, 2.24) is 9.29 Å². The summed E-state index contributed by atoms with van der Waals surface area (Å²) < 4.78 is 26.2. The summed E-state index contributed by atoms with van der Waals surface area (Å²) in [5.74, 6) is 0.373. The minimum atomic E-state index is -3.46. The predicted octanol–water partition coefficient (Wildman–Crippen LogP) is 2.68. The average molecular weight is 325 g/mol. The quantitative estimate of drug-likeness (QED) is 0.768. The second-order valence-electron chi connectivity index (χ2n) is 4.71. The van der Waals surface area contributed by atoms with Gasteiger partial charge in [-0.05, 0) is 41.8 Å². The van der Waals surface area contributed by atoms with Gasteiger partial charge in [-0.25, -0.2) is 12.7 Å². The molecule has 0 bridgehead atoms. The van der Waals surface area contributed by atoms with Crippen LogP contribution in [0.4, 0.5) is 0 Å². The standard InChI is InChI=1S/C15H17ClN2O2S/c1-18(11-8-13-6-9-17-10-7-13)21(19,20)15-4-2-14(12-16)3-5-15/h2-7,9-10H,8,11-12H2,1H3. The number of pyridine rings is 1. The molecule has 0 aliphatic rings. The van der Waals surface area contributed by atoms with Gasteiger partial charge >= 0.3 is 0 Å². The number of likely N-dealkylation sites (N-methyl/N-ethyl adjacent to an activating group) is 1. The summed E-state index contributed by atoms with van der Waals surface area (Å²) in [7, 11) is -1.87. The molecule has 1 aromatic heterocycles. The first-order valence-electron chi connectivity index (χ1n) is 6.54. The van der Waals surface area contributed by atoms with Gasteiger partial charge in [0.1, 0.15) is 0 Å². The van der Waals surface area contributed by atoms with Crippen LogP contribution >= 0.6 is 11.6 Å². The third-order valence-corrected chi connectivity index (χ3v) is 5.43. The molecule has 0 amide bonds. The Balaban J connectivity index is 2.07. The van der Waals surface area contributed by atoms with E-state index in [4.69, 9.17) is 11.6 Å². The Hall–Kier alpha value is -1.43. The van der Waals surface area contributed by atoms with E-state index in [0.717, 1.165) is 11.1 Å². The van der Waals surface area contributed by atoms with Gasteiger partial charge < -0.3 is 0 Å². The predicted molar refractivity (Wildman–Crippen MR) is 83.8 cm³/mol.